The number of amides is 2. The molecule has 3 rings (SSSR count). The van der Waals surface area contributed by atoms with Crippen molar-refractivity contribution in [2.75, 3.05) is 35.8 Å². The molecule has 0 saturated carbocycles. The molecule has 0 fully saturated rings. The van der Waals surface area contributed by atoms with E-state index in [1.54, 1.807) is 35.5 Å². The molecular formula is C19H21N3O2S. The Bertz CT molecular complexity index is 864. The normalized spacial score (nSPS) is 12.3. The zero-order chi connectivity index (χ0) is 18.3. The van der Waals surface area contributed by atoms with Crippen LogP contribution in [0.25, 0.3) is 0 Å². The first-order chi connectivity index (χ1) is 11.8. The maximum absolute atomic E-state index is 12.3. The Morgan fingerprint density at radius 3 is 1.88 bits per heavy atom. The molecule has 0 aromatic heterocycles. The highest BCUT2D eigenvalue weighted by molar-refractivity contribution is 7.99. The van der Waals surface area contributed by atoms with Crippen LogP contribution in [0.4, 0.5) is 22.7 Å². The second kappa shape index (κ2) is 6.44. The summed E-state index contributed by atoms with van der Waals surface area (Å²) in [7, 11) is 5.73. The Morgan fingerprint density at radius 2 is 1.40 bits per heavy atom. The summed E-state index contributed by atoms with van der Waals surface area (Å²) in [6, 6.07) is 11.8. The molecule has 0 unspecified atom stereocenters. The largest absolute Gasteiger partial charge is 0.378 e. The van der Waals surface area contributed by atoms with Crippen LogP contribution in [-0.4, -0.2) is 33.0 Å². The number of anilines is 4. The summed E-state index contributed by atoms with van der Waals surface area (Å²) >= 11 is 1.62. The minimum Gasteiger partial charge on any atom is -0.378 e. The van der Waals surface area contributed by atoms with Crippen molar-refractivity contribution in [1.29, 1.82) is 0 Å². The fourth-order valence-corrected chi connectivity index (χ4v) is 3.92. The van der Waals surface area contributed by atoms with E-state index in [4.69, 9.17) is 0 Å². The maximum atomic E-state index is 12.3. The Balaban J connectivity index is 2.12. The van der Waals surface area contributed by atoms with Gasteiger partial charge in [-0.1, -0.05) is 11.8 Å². The van der Waals surface area contributed by atoms with Gasteiger partial charge < -0.3 is 9.80 Å². The number of carbonyl (C=O) groups excluding carboxylic acids is 2. The molecule has 2 amide bonds. The average Bonchev–Trinajstić information content (AvgIpc) is 2.57. The summed E-state index contributed by atoms with van der Waals surface area (Å²) < 4.78 is 0. The third kappa shape index (κ3) is 3.09. The number of carbonyl (C=O) groups is 2. The second-order valence-corrected chi connectivity index (χ2v) is 7.32. The van der Waals surface area contributed by atoms with Gasteiger partial charge in [-0.3, -0.25) is 14.5 Å². The van der Waals surface area contributed by atoms with Crippen LogP contribution in [0.15, 0.2) is 46.2 Å². The minimum atomic E-state index is -0.0342. The van der Waals surface area contributed by atoms with E-state index >= 15 is 0 Å². The van der Waals surface area contributed by atoms with Crippen molar-refractivity contribution in [2.24, 2.45) is 0 Å². The van der Waals surface area contributed by atoms with E-state index < -0.39 is 0 Å². The Morgan fingerprint density at radius 1 is 0.880 bits per heavy atom. The molecule has 2 aromatic carbocycles. The highest BCUT2D eigenvalue weighted by Gasteiger charge is 2.27. The number of fused-ring (bicyclic) bond motifs is 2. The van der Waals surface area contributed by atoms with E-state index in [1.165, 1.54) is 6.92 Å². The number of nitrogens with zero attached hydrogens (tertiary/aromatic N) is 3. The molecule has 5 nitrogen and oxygen atoms in total. The summed E-state index contributed by atoms with van der Waals surface area (Å²) in [5.74, 6) is -0.0625. The fraction of sp³-hybridized carbons (Fsp3) is 0.263. The van der Waals surface area contributed by atoms with Gasteiger partial charge in [-0.2, -0.15) is 0 Å². The highest BCUT2D eigenvalue weighted by atomic mass is 32.2. The molecule has 1 aliphatic rings. The lowest BCUT2D eigenvalue weighted by Crippen LogP contribution is -2.27. The first kappa shape index (κ1) is 17.4. The molecule has 130 valence electrons. The van der Waals surface area contributed by atoms with Gasteiger partial charge in [0.1, 0.15) is 0 Å². The van der Waals surface area contributed by atoms with Crippen LogP contribution in [0.1, 0.15) is 13.8 Å². The summed E-state index contributed by atoms with van der Waals surface area (Å²) in [5.41, 5.74) is 3.64. The smallest absolute Gasteiger partial charge is 0.228 e. The van der Waals surface area contributed by atoms with Crippen molar-refractivity contribution in [3.63, 3.8) is 0 Å². The maximum Gasteiger partial charge on any atom is 0.228 e. The molecule has 0 bridgehead atoms. The second-order valence-electron chi connectivity index (χ2n) is 6.23. The van der Waals surface area contributed by atoms with Gasteiger partial charge in [0.2, 0.25) is 11.8 Å². The van der Waals surface area contributed by atoms with Gasteiger partial charge in [-0.25, -0.2) is 0 Å². The van der Waals surface area contributed by atoms with E-state index in [9.17, 15) is 9.59 Å². The van der Waals surface area contributed by atoms with E-state index in [1.807, 2.05) is 49.3 Å². The monoisotopic (exact) mass is 355 g/mol. The van der Waals surface area contributed by atoms with E-state index in [0.717, 1.165) is 32.5 Å². The van der Waals surface area contributed by atoms with Crippen LogP contribution in [0, 0.1) is 0 Å². The lowest BCUT2D eigenvalue weighted by molar-refractivity contribution is -0.117. The molecule has 0 spiro atoms. The van der Waals surface area contributed by atoms with Gasteiger partial charge >= 0.3 is 0 Å². The average molecular weight is 355 g/mol. The highest BCUT2D eigenvalue weighted by Crippen LogP contribution is 2.50. The molecule has 6 heteroatoms. The molecule has 0 aliphatic carbocycles. The van der Waals surface area contributed by atoms with Gasteiger partial charge in [0.25, 0.3) is 0 Å². The quantitative estimate of drug-likeness (QED) is 0.820. The van der Waals surface area contributed by atoms with Crippen LogP contribution >= 0.6 is 11.8 Å². The van der Waals surface area contributed by atoms with Crippen LogP contribution in [0.2, 0.25) is 0 Å². The third-order valence-corrected chi connectivity index (χ3v) is 5.37. The van der Waals surface area contributed by atoms with Crippen LogP contribution in [-0.2, 0) is 9.59 Å². The van der Waals surface area contributed by atoms with E-state index in [2.05, 4.69) is 6.07 Å². The first-order valence-electron chi connectivity index (χ1n) is 7.98. The molecule has 25 heavy (non-hydrogen) atoms. The number of benzene rings is 2. The first-order valence-corrected chi connectivity index (χ1v) is 8.79. The number of hydrogen-bond acceptors (Lipinski definition) is 4. The fourth-order valence-electron chi connectivity index (χ4n) is 2.79. The van der Waals surface area contributed by atoms with Crippen molar-refractivity contribution >= 4 is 46.3 Å². The standard InChI is InChI=1S/C19H21N3O2S/c1-12(23)21(5)15-7-9-17-19(11-15)25-18-10-14(20(3)4)6-8-16(18)22(17)13(2)24/h6-11H,1-5H3. The molecule has 1 aliphatic heterocycles. The third-order valence-electron chi connectivity index (χ3n) is 4.28. The molecule has 0 radical (unpaired) electrons. The Kier molecular flexibility index (Phi) is 4.47. The molecule has 1 heterocycles. The molecule has 0 saturated heterocycles. The predicted octanol–water partition coefficient (Wildman–Crippen LogP) is 3.88. The van der Waals surface area contributed by atoms with Crippen molar-refractivity contribution in [3.05, 3.63) is 36.4 Å². The van der Waals surface area contributed by atoms with Crippen molar-refractivity contribution in [1.82, 2.24) is 0 Å². The van der Waals surface area contributed by atoms with E-state index in [0.29, 0.717) is 0 Å². The Hall–Kier alpha value is -2.47. The van der Waals surface area contributed by atoms with Gasteiger partial charge in [-0.15, -0.1) is 0 Å². The van der Waals surface area contributed by atoms with Crippen LogP contribution < -0.4 is 14.7 Å². The van der Waals surface area contributed by atoms with Crippen molar-refractivity contribution in [2.45, 2.75) is 23.6 Å². The lowest BCUT2D eigenvalue weighted by atomic mass is 10.2. The Labute approximate surface area is 152 Å². The SMILES string of the molecule is CC(=O)N(C)c1ccc2c(c1)Sc1cc(N(C)C)ccc1N2C(C)=O. The van der Waals surface area contributed by atoms with Crippen molar-refractivity contribution in [3.8, 4) is 0 Å². The van der Waals surface area contributed by atoms with Crippen molar-refractivity contribution < 1.29 is 9.59 Å². The molecule has 0 atom stereocenters. The summed E-state index contributed by atoms with van der Waals surface area (Å²) in [5, 5.41) is 0. The summed E-state index contributed by atoms with van der Waals surface area (Å²) in [6.45, 7) is 3.10. The van der Waals surface area contributed by atoms with Gasteiger partial charge in [-0.05, 0) is 36.4 Å². The molecular weight excluding hydrogens is 334 g/mol. The zero-order valence-electron chi connectivity index (χ0n) is 15.0. The van der Waals surface area contributed by atoms with Gasteiger partial charge in [0, 0.05) is 56.2 Å². The van der Waals surface area contributed by atoms with Gasteiger partial charge in [0.05, 0.1) is 11.4 Å². The zero-order valence-corrected chi connectivity index (χ0v) is 15.8. The van der Waals surface area contributed by atoms with Gasteiger partial charge in [0.15, 0.2) is 0 Å². The van der Waals surface area contributed by atoms with Crippen LogP contribution in [0.3, 0.4) is 0 Å². The lowest BCUT2D eigenvalue weighted by Gasteiger charge is -2.32. The molecule has 2 aromatic rings. The number of hydrogen-bond donors (Lipinski definition) is 0. The number of rotatable bonds is 2. The molecule has 0 N–H and O–H groups in total. The topological polar surface area (TPSA) is 43.9 Å². The van der Waals surface area contributed by atoms with Crippen LogP contribution in [0.5, 0.6) is 0 Å². The summed E-state index contributed by atoms with van der Waals surface area (Å²) in [6.07, 6.45) is 0. The predicted molar refractivity (Wildman–Crippen MR) is 103 cm³/mol. The summed E-state index contributed by atoms with van der Waals surface area (Å²) in [4.78, 5) is 31.3. The van der Waals surface area contributed by atoms with E-state index in [-0.39, 0.29) is 11.8 Å². The minimum absolute atomic E-state index is 0.0283.